The highest BCUT2D eigenvalue weighted by Crippen LogP contribution is 2.40. The standard InChI is InChI=1S/C12H13FN4O2S/c1-7-3-2-4-9(10(7)13)11-15-16-12(20(14,18)19)17(11)8-5-6-8/h2-4,8H,5-6H2,1H3,(H2,14,18,19). The van der Waals surface area contributed by atoms with E-state index >= 15 is 0 Å². The number of nitrogens with two attached hydrogens (primary N) is 1. The Morgan fingerprint density at radius 3 is 2.65 bits per heavy atom. The van der Waals surface area contributed by atoms with Crippen LogP contribution in [0.5, 0.6) is 0 Å². The van der Waals surface area contributed by atoms with E-state index in [1.165, 1.54) is 4.57 Å². The zero-order valence-electron chi connectivity index (χ0n) is 10.7. The molecule has 1 heterocycles. The molecule has 1 aliphatic carbocycles. The lowest BCUT2D eigenvalue weighted by atomic mass is 10.1. The van der Waals surface area contributed by atoms with E-state index in [9.17, 15) is 12.8 Å². The minimum absolute atomic E-state index is 0.0340. The highest BCUT2D eigenvalue weighted by Gasteiger charge is 2.34. The Hall–Kier alpha value is -1.80. The van der Waals surface area contributed by atoms with Gasteiger partial charge in [-0.05, 0) is 31.4 Å². The van der Waals surface area contributed by atoms with E-state index < -0.39 is 15.8 Å². The number of aromatic nitrogens is 3. The summed E-state index contributed by atoms with van der Waals surface area (Å²) in [5.41, 5.74) is 0.698. The zero-order valence-corrected chi connectivity index (χ0v) is 11.6. The number of sulfonamides is 1. The van der Waals surface area contributed by atoms with E-state index in [2.05, 4.69) is 10.2 Å². The molecule has 1 saturated carbocycles. The van der Waals surface area contributed by atoms with E-state index in [1.54, 1.807) is 25.1 Å². The van der Waals surface area contributed by atoms with Crippen LogP contribution in [0.1, 0.15) is 24.4 Å². The average molecular weight is 296 g/mol. The fraction of sp³-hybridized carbons (Fsp3) is 0.333. The van der Waals surface area contributed by atoms with Crippen LogP contribution in [0.15, 0.2) is 23.4 Å². The molecule has 2 aromatic rings. The molecule has 2 N–H and O–H groups in total. The lowest BCUT2D eigenvalue weighted by Crippen LogP contribution is -2.18. The van der Waals surface area contributed by atoms with Crippen LogP contribution < -0.4 is 5.14 Å². The number of primary sulfonamides is 1. The van der Waals surface area contributed by atoms with Gasteiger partial charge in [0.05, 0.1) is 5.56 Å². The van der Waals surface area contributed by atoms with Crippen LogP contribution in [0.2, 0.25) is 0 Å². The summed E-state index contributed by atoms with van der Waals surface area (Å²) in [6.45, 7) is 1.64. The molecular weight excluding hydrogens is 283 g/mol. The van der Waals surface area contributed by atoms with E-state index in [1.807, 2.05) is 0 Å². The molecule has 8 heteroatoms. The normalized spacial score (nSPS) is 15.6. The third-order valence-electron chi connectivity index (χ3n) is 3.26. The molecule has 106 valence electrons. The van der Waals surface area contributed by atoms with Crippen molar-refractivity contribution in [1.29, 1.82) is 0 Å². The Balaban J connectivity index is 2.25. The minimum atomic E-state index is -3.98. The summed E-state index contributed by atoms with van der Waals surface area (Å²) in [5.74, 6) is -0.222. The van der Waals surface area contributed by atoms with Crippen molar-refractivity contribution in [3.05, 3.63) is 29.6 Å². The molecule has 0 amide bonds. The molecule has 0 atom stereocenters. The predicted octanol–water partition coefficient (Wildman–Crippen LogP) is 1.37. The summed E-state index contributed by atoms with van der Waals surface area (Å²) in [7, 11) is -3.98. The van der Waals surface area contributed by atoms with Crippen LogP contribution in [0, 0.1) is 12.7 Å². The number of benzene rings is 1. The number of hydrogen-bond donors (Lipinski definition) is 1. The lowest BCUT2D eigenvalue weighted by molar-refractivity contribution is 0.566. The van der Waals surface area contributed by atoms with Crippen molar-refractivity contribution in [2.45, 2.75) is 31.0 Å². The number of nitrogens with zero attached hydrogens (tertiary/aromatic N) is 3. The van der Waals surface area contributed by atoms with Crippen LogP contribution in [0.3, 0.4) is 0 Å². The van der Waals surface area contributed by atoms with Gasteiger partial charge in [-0.15, -0.1) is 10.2 Å². The van der Waals surface area contributed by atoms with Gasteiger partial charge in [0.15, 0.2) is 5.82 Å². The molecular formula is C12H13FN4O2S. The Bertz CT molecular complexity index is 781. The van der Waals surface area contributed by atoms with Gasteiger partial charge in [-0.2, -0.15) is 0 Å². The van der Waals surface area contributed by atoms with Crippen molar-refractivity contribution in [2.75, 3.05) is 0 Å². The largest absolute Gasteiger partial charge is 0.294 e. The number of halogens is 1. The van der Waals surface area contributed by atoms with Gasteiger partial charge in [0.2, 0.25) is 0 Å². The topological polar surface area (TPSA) is 90.9 Å². The quantitative estimate of drug-likeness (QED) is 0.926. The molecule has 0 saturated heterocycles. The minimum Gasteiger partial charge on any atom is -0.294 e. The van der Waals surface area contributed by atoms with Crippen LogP contribution >= 0.6 is 0 Å². The number of rotatable bonds is 3. The molecule has 0 bridgehead atoms. The monoisotopic (exact) mass is 296 g/mol. The van der Waals surface area contributed by atoms with Crippen molar-refractivity contribution in [1.82, 2.24) is 14.8 Å². The van der Waals surface area contributed by atoms with E-state index in [0.717, 1.165) is 12.8 Å². The van der Waals surface area contributed by atoms with Gasteiger partial charge >= 0.3 is 0 Å². The molecule has 0 unspecified atom stereocenters. The summed E-state index contributed by atoms with van der Waals surface area (Å²) >= 11 is 0. The fourth-order valence-corrected chi connectivity index (χ4v) is 2.80. The Kier molecular flexibility index (Phi) is 2.87. The van der Waals surface area contributed by atoms with Gasteiger partial charge < -0.3 is 0 Å². The molecule has 20 heavy (non-hydrogen) atoms. The Morgan fingerprint density at radius 2 is 2.05 bits per heavy atom. The fourth-order valence-electron chi connectivity index (χ4n) is 2.14. The summed E-state index contributed by atoms with van der Waals surface area (Å²) in [6, 6.07) is 4.85. The molecule has 0 aliphatic heterocycles. The van der Waals surface area contributed by atoms with Crippen LogP contribution in [0.25, 0.3) is 11.4 Å². The number of hydrogen-bond acceptors (Lipinski definition) is 4. The smallest absolute Gasteiger partial charge is 0.273 e. The maximum Gasteiger partial charge on any atom is 0.273 e. The van der Waals surface area contributed by atoms with Gasteiger partial charge in [-0.1, -0.05) is 12.1 Å². The van der Waals surface area contributed by atoms with Gasteiger partial charge in [0, 0.05) is 6.04 Å². The van der Waals surface area contributed by atoms with Gasteiger partial charge in [0.25, 0.3) is 15.2 Å². The third kappa shape index (κ3) is 2.10. The molecule has 0 radical (unpaired) electrons. The molecule has 1 aliphatic rings. The molecule has 1 fully saturated rings. The highest BCUT2D eigenvalue weighted by atomic mass is 32.2. The second kappa shape index (κ2) is 4.35. The van der Waals surface area contributed by atoms with Crippen molar-refractivity contribution >= 4 is 10.0 Å². The highest BCUT2D eigenvalue weighted by molar-refractivity contribution is 7.89. The van der Waals surface area contributed by atoms with Crippen LogP contribution in [-0.4, -0.2) is 23.2 Å². The number of aryl methyl sites for hydroxylation is 1. The first-order chi connectivity index (χ1) is 9.39. The SMILES string of the molecule is Cc1cccc(-c2nnc(S(N)(=O)=O)n2C2CC2)c1F. The maximum absolute atomic E-state index is 14.2. The molecule has 6 nitrogen and oxygen atoms in total. The predicted molar refractivity (Wildman–Crippen MR) is 69.8 cm³/mol. The molecule has 3 rings (SSSR count). The molecule has 0 spiro atoms. The lowest BCUT2D eigenvalue weighted by Gasteiger charge is -2.09. The average Bonchev–Trinajstić information content (AvgIpc) is 3.10. The second-order valence-corrected chi connectivity index (χ2v) is 6.34. The van der Waals surface area contributed by atoms with E-state index in [0.29, 0.717) is 5.56 Å². The van der Waals surface area contributed by atoms with Gasteiger partial charge in [-0.3, -0.25) is 4.57 Å². The maximum atomic E-state index is 14.2. The molecule has 1 aromatic heterocycles. The Labute approximate surface area is 115 Å². The Morgan fingerprint density at radius 1 is 1.35 bits per heavy atom. The summed E-state index contributed by atoms with van der Waals surface area (Å²) in [5, 5.41) is 12.3. The van der Waals surface area contributed by atoms with Gasteiger partial charge in [0.1, 0.15) is 5.82 Å². The van der Waals surface area contributed by atoms with E-state index in [-0.39, 0.29) is 22.6 Å². The van der Waals surface area contributed by atoms with Gasteiger partial charge in [-0.25, -0.2) is 17.9 Å². The summed E-state index contributed by atoms with van der Waals surface area (Å²) < 4.78 is 38.7. The van der Waals surface area contributed by atoms with Crippen LogP contribution in [0.4, 0.5) is 4.39 Å². The first-order valence-electron chi connectivity index (χ1n) is 6.13. The third-order valence-corrected chi connectivity index (χ3v) is 4.05. The van der Waals surface area contributed by atoms with Crippen molar-refractivity contribution < 1.29 is 12.8 Å². The van der Waals surface area contributed by atoms with Crippen molar-refractivity contribution in [3.8, 4) is 11.4 Å². The van der Waals surface area contributed by atoms with Crippen LogP contribution in [-0.2, 0) is 10.0 Å². The first kappa shape index (κ1) is 13.2. The van der Waals surface area contributed by atoms with Crippen molar-refractivity contribution in [2.24, 2.45) is 5.14 Å². The summed E-state index contributed by atoms with van der Waals surface area (Å²) in [4.78, 5) is 0. The molecule has 1 aromatic carbocycles. The van der Waals surface area contributed by atoms with Crippen molar-refractivity contribution in [3.63, 3.8) is 0 Å². The van der Waals surface area contributed by atoms with E-state index in [4.69, 9.17) is 5.14 Å². The zero-order chi connectivity index (χ0) is 14.5. The summed E-state index contributed by atoms with van der Waals surface area (Å²) in [6.07, 6.45) is 1.61. The first-order valence-corrected chi connectivity index (χ1v) is 7.67. The second-order valence-electron chi connectivity index (χ2n) is 4.89.